The molecule has 6 rings (SSSR count). The molecule has 1 saturated carbocycles. The van der Waals surface area contributed by atoms with Crippen LogP contribution in [-0.4, -0.2) is 58.1 Å². The lowest BCUT2D eigenvalue weighted by atomic mass is 9.74. The normalized spacial score (nSPS) is 21.2. The Bertz CT molecular complexity index is 1660. The Morgan fingerprint density at radius 1 is 1.00 bits per heavy atom. The van der Waals surface area contributed by atoms with Gasteiger partial charge in [0.1, 0.15) is 20.8 Å². The monoisotopic (exact) mass is 623 g/mol. The van der Waals surface area contributed by atoms with E-state index in [0.717, 1.165) is 44.7 Å². The molecule has 9 heteroatoms. The molecule has 1 aromatic heterocycles. The van der Waals surface area contributed by atoms with Crippen molar-refractivity contribution in [3.8, 4) is 11.3 Å². The molecule has 7 nitrogen and oxygen atoms in total. The summed E-state index contributed by atoms with van der Waals surface area (Å²) < 4.78 is 43.0. The molecule has 232 valence electrons. The zero-order valence-corrected chi connectivity index (χ0v) is 27.6. The van der Waals surface area contributed by atoms with Crippen molar-refractivity contribution >= 4 is 37.5 Å². The van der Waals surface area contributed by atoms with Gasteiger partial charge < -0.3 is 9.47 Å². The van der Waals surface area contributed by atoms with Crippen LogP contribution in [-0.2, 0) is 27.4 Å². The number of hydrogen-bond acceptors (Lipinski definition) is 4. The summed E-state index contributed by atoms with van der Waals surface area (Å²) in [5.41, 5.74) is 3.45. The second-order valence-electron chi connectivity index (χ2n) is 14.2. The van der Waals surface area contributed by atoms with Gasteiger partial charge in [-0.3, -0.25) is 4.79 Å². The summed E-state index contributed by atoms with van der Waals surface area (Å²) in [6.45, 7) is 10.2. The lowest BCUT2D eigenvalue weighted by Crippen LogP contribution is -2.60. The van der Waals surface area contributed by atoms with E-state index in [2.05, 4.69) is 34.4 Å². The van der Waals surface area contributed by atoms with Crippen LogP contribution < -0.4 is 4.72 Å². The van der Waals surface area contributed by atoms with E-state index < -0.39 is 20.8 Å². The van der Waals surface area contributed by atoms with Gasteiger partial charge in [0.25, 0.3) is 5.91 Å². The molecule has 1 amide bonds. The second-order valence-corrected chi connectivity index (χ2v) is 17.7. The second kappa shape index (κ2) is 11.5. The lowest BCUT2D eigenvalue weighted by Gasteiger charge is -2.52. The number of rotatable bonds is 6. The van der Waals surface area contributed by atoms with E-state index in [1.165, 1.54) is 32.1 Å². The van der Waals surface area contributed by atoms with Crippen LogP contribution in [0, 0.1) is 18.3 Å². The van der Waals surface area contributed by atoms with Crippen LogP contribution in [0.3, 0.4) is 0 Å². The summed E-state index contributed by atoms with van der Waals surface area (Å²) in [6, 6.07) is 14.2. The van der Waals surface area contributed by atoms with Gasteiger partial charge >= 0.3 is 0 Å². The molecule has 1 aliphatic carbocycles. The van der Waals surface area contributed by atoms with Gasteiger partial charge in [-0.25, -0.2) is 17.3 Å². The smallest absolute Gasteiger partial charge is 0.255 e. The van der Waals surface area contributed by atoms with E-state index in [4.69, 9.17) is 0 Å². The van der Waals surface area contributed by atoms with E-state index in [9.17, 15) is 17.4 Å². The van der Waals surface area contributed by atoms with Crippen molar-refractivity contribution in [2.24, 2.45) is 11.3 Å². The molecular formula is C34H45N3O4S2. The first kappa shape index (κ1) is 30.5. The van der Waals surface area contributed by atoms with Crippen molar-refractivity contribution in [3.05, 3.63) is 53.7 Å². The summed E-state index contributed by atoms with van der Waals surface area (Å²) in [6.07, 6.45) is 7.50. The van der Waals surface area contributed by atoms with Gasteiger partial charge in [-0.05, 0) is 82.2 Å². The van der Waals surface area contributed by atoms with E-state index in [-0.39, 0.29) is 28.4 Å². The van der Waals surface area contributed by atoms with Crippen LogP contribution in [0.4, 0.5) is 0 Å². The van der Waals surface area contributed by atoms with Crippen molar-refractivity contribution in [2.45, 2.75) is 89.6 Å². The number of benzene rings is 2. The van der Waals surface area contributed by atoms with Crippen molar-refractivity contribution < 1.29 is 17.4 Å². The molecule has 0 radical (unpaired) electrons. The summed E-state index contributed by atoms with van der Waals surface area (Å²) in [4.78, 5) is 16.6. The molecule has 43 heavy (non-hydrogen) atoms. The van der Waals surface area contributed by atoms with Crippen LogP contribution >= 0.6 is 0 Å². The molecule has 3 aromatic rings. The highest BCUT2D eigenvalue weighted by atomic mass is 32.2. The average molecular weight is 624 g/mol. The average Bonchev–Trinajstić information content (AvgIpc) is 3.26. The number of sulfone groups is 1. The number of nitrogens with one attached hydrogen (secondary N) is 1. The number of nitrogens with zero attached hydrogens (tertiary/aromatic N) is 2. The molecule has 1 atom stereocenters. The zero-order chi connectivity index (χ0) is 30.6. The number of hydrogen-bond donors (Lipinski definition) is 1. The van der Waals surface area contributed by atoms with Crippen LogP contribution in [0.25, 0.3) is 22.0 Å². The third-order valence-corrected chi connectivity index (χ3v) is 13.0. The van der Waals surface area contributed by atoms with Crippen molar-refractivity contribution in [2.75, 3.05) is 24.6 Å². The highest BCUT2D eigenvalue weighted by Gasteiger charge is 2.48. The Balaban J connectivity index is 1.37. The zero-order valence-electron chi connectivity index (χ0n) is 25.9. The Labute approximate surface area is 258 Å². The van der Waals surface area contributed by atoms with Crippen LogP contribution in [0.15, 0.2) is 47.4 Å². The maximum Gasteiger partial charge on any atom is 0.255 e. The minimum atomic E-state index is -2.94. The first-order chi connectivity index (χ1) is 20.3. The fraction of sp³-hybridized carbons (Fsp3) is 0.559. The predicted octanol–water partition coefficient (Wildman–Crippen LogP) is 6.26. The van der Waals surface area contributed by atoms with E-state index in [1.807, 2.05) is 49.9 Å². The Kier molecular flexibility index (Phi) is 8.14. The number of fused-ring (bicyclic) bond motifs is 1. The van der Waals surface area contributed by atoms with Crippen molar-refractivity contribution in [1.29, 1.82) is 0 Å². The van der Waals surface area contributed by atoms with Crippen molar-refractivity contribution in [3.63, 3.8) is 0 Å². The van der Waals surface area contributed by atoms with Gasteiger partial charge in [-0.2, -0.15) is 0 Å². The molecule has 1 unspecified atom stereocenters. The Morgan fingerprint density at radius 3 is 2.30 bits per heavy atom. The molecule has 1 N–H and O–H groups in total. The lowest BCUT2D eigenvalue weighted by molar-refractivity contribution is 0.000270. The molecule has 3 heterocycles. The first-order valence-electron chi connectivity index (χ1n) is 15.8. The fourth-order valence-corrected chi connectivity index (χ4v) is 10.2. The summed E-state index contributed by atoms with van der Waals surface area (Å²) in [5.74, 6) is 1.08. The number of aromatic nitrogens is 1. The Hall–Kier alpha value is -2.49. The molecule has 1 spiro atoms. The number of carbonyl (C=O) groups excluding carboxylic acids is 1. The minimum Gasteiger partial charge on any atom is -0.344 e. The molecule has 3 aliphatic rings. The third kappa shape index (κ3) is 6.22. The molecule has 2 aromatic carbocycles. The predicted molar refractivity (Wildman–Crippen MR) is 174 cm³/mol. The van der Waals surface area contributed by atoms with E-state index >= 15 is 0 Å². The molecule has 2 saturated heterocycles. The van der Waals surface area contributed by atoms with E-state index in [1.54, 1.807) is 0 Å². The van der Waals surface area contributed by atoms with Crippen LogP contribution in [0.1, 0.15) is 81.8 Å². The largest absolute Gasteiger partial charge is 0.344 e. The van der Waals surface area contributed by atoms with Crippen LogP contribution in [0.2, 0.25) is 0 Å². The Morgan fingerprint density at radius 2 is 1.65 bits per heavy atom. The molecule has 0 bridgehead atoms. The summed E-state index contributed by atoms with van der Waals surface area (Å²) in [7, 11) is -4.31. The molecular weight excluding hydrogens is 579 g/mol. The maximum absolute atomic E-state index is 14.0. The molecule has 2 aliphatic heterocycles. The third-order valence-electron chi connectivity index (χ3n) is 9.75. The quantitative estimate of drug-likeness (QED) is 0.351. The van der Waals surface area contributed by atoms with Gasteiger partial charge in [0, 0.05) is 47.5 Å². The van der Waals surface area contributed by atoms with E-state index in [0.29, 0.717) is 31.8 Å². The van der Waals surface area contributed by atoms with Gasteiger partial charge in [-0.15, -0.1) is 0 Å². The van der Waals surface area contributed by atoms with Gasteiger partial charge in [0.15, 0.2) is 0 Å². The van der Waals surface area contributed by atoms with Crippen molar-refractivity contribution in [1.82, 2.24) is 14.2 Å². The molecule has 3 fully saturated rings. The van der Waals surface area contributed by atoms with Crippen LogP contribution in [0.5, 0.6) is 0 Å². The highest BCUT2D eigenvalue weighted by molar-refractivity contribution is 7.91. The summed E-state index contributed by atoms with van der Waals surface area (Å²) in [5, 5.41) is 1.97. The maximum atomic E-state index is 14.0. The fourth-order valence-electron chi connectivity index (χ4n) is 7.30. The summed E-state index contributed by atoms with van der Waals surface area (Å²) >= 11 is 0. The topological polar surface area (TPSA) is 88.5 Å². The van der Waals surface area contributed by atoms with Gasteiger partial charge in [0.05, 0.1) is 22.0 Å². The van der Waals surface area contributed by atoms with Gasteiger partial charge in [-0.1, -0.05) is 49.6 Å². The minimum absolute atomic E-state index is 0.0385. The van der Waals surface area contributed by atoms with Gasteiger partial charge in [0.2, 0.25) is 0 Å². The number of carbonyl (C=O) groups is 1. The highest BCUT2D eigenvalue weighted by Crippen LogP contribution is 2.43. The number of likely N-dealkylation sites (tertiary alicyclic amines) is 1. The first-order valence-corrected chi connectivity index (χ1v) is 18.7. The number of amides is 1. The standard InChI is InChI=1S/C34H45N3O4S2/c1-24-29(32(38)36-22-34(23-36)16-18-43(40,41)19-17-34)20-30(37(24)21-25-10-6-5-7-11-25)27-14-15-31(42(39)35-33(2,3)4)28-13-9-8-12-26(27)28/h8-9,12-15,20,25,35H,5-7,10-11,16-19,21-23H2,1-4H3. The SMILES string of the molecule is Cc1c(C(=O)N2CC3(CCS(=O)(=O)CC3)C2)cc(-c2ccc(S(=O)NC(C)(C)C)c3ccccc23)n1CC1CCCCC1.